The van der Waals surface area contributed by atoms with Crippen LogP contribution in [0.15, 0.2) is 37.0 Å². The molecule has 0 aromatic heterocycles. The smallest absolute Gasteiger partial charge is 0.252 e. The molecule has 3 amide bonds. The summed E-state index contributed by atoms with van der Waals surface area (Å²) in [6.45, 7) is 14.9. The first-order valence-corrected chi connectivity index (χ1v) is 7.21. The molecule has 0 aromatic rings. The van der Waals surface area contributed by atoms with Gasteiger partial charge in [-0.05, 0) is 18.9 Å². The molecule has 0 aromatic carbocycles. The summed E-state index contributed by atoms with van der Waals surface area (Å²) in [5, 5.41) is 0. The minimum atomic E-state index is -0.334. The number of rotatable bonds is 5. The van der Waals surface area contributed by atoms with Crippen molar-refractivity contribution in [2.24, 2.45) is 0 Å². The fraction of sp³-hybridized carbons (Fsp3) is 0.438. The third-order valence-corrected chi connectivity index (χ3v) is 3.54. The van der Waals surface area contributed by atoms with E-state index in [0.29, 0.717) is 24.0 Å². The van der Waals surface area contributed by atoms with E-state index in [0.717, 1.165) is 0 Å². The van der Waals surface area contributed by atoms with E-state index in [1.807, 2.05) is 13.8 Å². The normalized spacial score (nSPS) is 14.5. The standard InChI is InChI=1S/C16H23N3O3/c1-6-12(4)15(21)18-9-17(14(20)8-3)10-19(11-18)16(22)13(5)7-2/h8H,3-7,9-11H2,1-2H3. The van der Waals surface area contributed by atoms with Gasteiger partial charge in [-0.25, -0.2) is 0 Å². The molecule has 1 fully saturated rings. The zero-order valence-corrected chi connectivity index (χ0v) is 13.3. The van der Waals surface area contributed by atoms with Gasteiger partial charge in [-0.3, -0.25) is 14.4 Å². The van der Waals surface area contributed by atoms with Gasteiger partial charge < -0.3 is 14.7 Å². The molecular weight excluding hydrogens is 282 g/mol. The zero-order valence-electron chi connectivity index (χ0n) is 13.3. The van der Waals surface area contributed by atoms with Crippen LogP contribution in [0, 0.1) is 0 Å². The maximum absolute atomic E-state index is 12.3. The average Bonchev–Trinajstić information content (AvgIpc) is 2.57. The Balaban J connectivity index is 3.00. The molecular formula is C16H23N3O3. The molecule has 1 rings (SSSR count). The van der Waals surface area contributed by atoms with Crippen LogP contribution in [-0.4, -0.2) is 52.4 Å². The molecule has 0 radical (unpaired) electrons. The fourth-order valence-electron chi connectivity index (χ4n) is 2.03. The van der Waals surface area contributed by atoms with Crippen molar-refractivity contribution in [1.29, 1.82) is 0 Å². The maximum atomic E-state index is 12.3. The van der Waals surface area contributed by atoms with E-state index in [-0.39, 0.29) is 37.7 Å². The summed E-state index contributed by atoms with van der Waals surface area (Å²) in [5.41, 5.74) is 0.879. The summed E-state index contributed by atoms with van der Waals surface area (Å²) in [6.07, 6.45) is 2.20. The molecule has 6 nitrogen and oxygen atoms in total. The number of hydrogen-bond acceptors (Lipinski definition) is 3. The summed E-state index contributed by atoms with van der Waals surface area (Å²) in [5.74, 6) is -0.854. The Hall–Kier alpha value is -2.37. The molecule has 1 aliphatic heterocycles. The molecule has 0 bridgehead atoms. The lowest BCUT2D eigenvalue weighted by Crippen LogP contribution is -2.59. The molecule has 22 heavy (non-hydrogen) atoms. The van der Waals surface area contributed by atoms with Gasteiger partial charge in [0.25, 0.3) is 11.8 Å². The largest absolute Gasteiger partial charge is 0.303 e. The molecule has 1 saturated heterocycles. The van der Waals surface area contributed by atoms with E-state index in [1.54, 1.807) is 0 Å². The van der Waals surface area contributed by atoms with Crippen LogP contribution in [0.3, 0.4) is 0 Å². The Morgan fingerprint density at radius 3 is 1.55 bits per heavy atom. The number of amides is 3. The van der Waals surface area contributed by atoms with Gasteiger partial charge in [-0.1, -0.05) is 33.6 Å². The summed E-state index contributed by atoms with van der Waals surface area (Å²) in [4.78, 5) is 40.7. The van der Waals surface area contributed by atoms with Gasteiger partial charge in [0.1, 0.15) is 0 Å². The predicted molar refractivity (Wildman–Crippen MR) is 84.2 cm³/mol. The number of nitrogens with zero attached hydrogens (tertiary/aromatic N) is 3. The molecule has 1 aliphatic rings. The van der Waals surface area contributed by atoms with Gasteiger partial charge in [0.15, 0.2) is 0 Å². The molecule has 0 saturated carbocycles. The second kappa shape index (κ2) is 7.59. The SMILES string of the molecule is C=CC(=O)N1CN(C(=O)C(=C)CC)CN(C(=O)C(=C)CC)C1. The van der Waals surface area contributed by atoms with Crippen molar-refractivity contribution in [3.63, 3.8) is 0 Å². The molecule has 120 valence electrons. The van der Waals surface area contributed by atoms with Crippen molar-refractivity contribution in [1.82, 2.24) is 14.7 Å². The molecule has 0 N–H and O–H groups in total. The van der Waals surface area contributed by atoms with Gasteiger partial charge in [0.2, 0.25) is 5.91 Å². The summed E-state index contributed by atoms with van der Waals surface area (Å²) < 4.78 is 0. The quantitative estimate of drug-likeness (QED) is 0.723. The highest BCUT2D eigenvalue weighted by atomic mass is 16.2. The van der Waals surface area contributed by atoms with Crippen LogP contribution in [-0.2, 0) is 14.4 Å². The lowest BCUT2D eigenvalue weighted by Gasteiger charge is -2.42. The second-order valence-corrected chi connectivity index (χ2v) is 5.11. The monoisotopic (exact) mass is 305 g/mol. The number of carbonyl (C=O) groups is 3. The van der Waals surface area contributed by atoms with Crippen LogP contribution in [0.5, 0.6) is 0 Å². The van der Waals surface area contributed by atoms with Crippen LogP contribution in [0.2, 0.25) is 0 Å². The molecule has 0 aliphatic carbocycles. The highest BCUT2D eigenvalue weighted by molar-refractivity contribution is 5.96. The number of carbonyl (C=O) groups excluding carboxylic acids is 3. The van der Waals surface area contributed by atoms with Gasteiger partial charge in [0, 0.05) is 11.1 Å². The van der Waals surface area contributed by atoms with Crippen LogP contribution in [0.4, 0.5) is 0 Å². The minimum Gasteiger partial charge on any atom is -0.303 e. The van der Waals surface area contributed by atoms with Crippen molar-refractivity contribution in [2.45, 2.75) is 26.7 Å². The van der Waals surface area contributed by atoms with Crippen LogP contribution in [0.25, 0.3) is 0 Å². The lowest BCUT2D eigenvalue weighted by molar-refractivity contribution is -0.153. The van der Waals surface area contributed by atoms with E-state index in [9.17, 15) is 14.4 Å². The minimum absolute atomic E-state index is 0.116. The Morgan fingerprint density at radius 2 is 1.23 bits per heavy atom. The Labute approximate surface area is 131 Å². The van der Waals surface area contributed by atoms with E-state index in [4.69, 9.17) is 0 Å². The van der Waals surface area contributed by atoms with Gasteiger partial charge in [-0.15, -0.1) is 0 Å². The molecule has 0 spiro atoms. The summed E-state index contributed by atoms with van der Waals surface area (Å²) >= 11 is 0. The average molecular weight is 305 g/mol. The Morgan fingerprint density at radius 1 is 0.864 bits per heavy atom. The second-order valence-electron chi connectivity index (χ2n) is 5.11. The Bertz CT molecular complexity index is 489. The third-order valence-electron chi connectivity index (χ3n) is 3.54. The van der Waals surface area contributed by atoms with Crippen molar-refractivity contribution < 1.29 is 14.4 Å². The fourth-order valence-corrected chi connectivity index (χ4v) is 2.03. The van der Waals surface area contributed by atoms with E-state index >= 15 is 0 Å². The van der Waals surface area contributed by atoms with Gasteiger partial charge in [0.05, 0.1) is 20.0 Å². The first-order valence-electron chi connectivity index (χ1n) is 7.21. The van der Waals surface area contributed by atoms with Crippen molar-refractivity contribution >= 4 is 17.7 Å². The van der Waals surface area contributed by atoms with Crippen LogP contribution < -0.4 is 0 Å². The van der Waals surface area contributed by atoms with Crippen molar-refractivity contribution in [3.8, 4) is 0 Å². The highest BCUT2D eigenvalue weighted by Gasteiger charge is 2.32. The summed E-state index contributed by atoms with van der Waals surface area (Å²) in [7, 11) is 0. The van der Waals surface area contributed by atoms with E-state index < -0.39 is 0 Å². The van der Waals surface area contributed by atoms with Gasteiger partial charge in [-0.2, -0.15) is 0 Å². The van der Waals surface area contributed by atoms with Gasteiger partial charge >= 0.3 is 0 Å². The van der Waals surface area contributed by atoms with Crippen LogP contribution >= 0.6 is 0 Å². The predicted octanol–water partition coefficient (Wildman–Crippen LogP) is 1.48. The molecule has 6 heteroatoms. The van der Waals surface area contributed by atoms with Crippen LogP contribution in [0.1, 0.15) is 26.7 Å². The maximum Gasteiger partial charge on any atom is 0.252 e. The van der Waals surface area contributed by atoms with Crippen molar-refractivity contribution in [2.75, 3.05) is 20.0 Å². The van der Waals surface area contributed by atoms with E-state index in [2.05, 4.69) is 19.7 Å². The molecule has 1 heterocycles. The zero-order chi connectivity index (χ0) is 16.9. The number of hydrogen-bond donors (Lipinski definition) is 0. The first kappa shape index (κ1) is 17.7. The molecule has 0 unspecified atom stereocenters. The lowest BCUT2D eigenvalue weighted by atomic mass is 10.2. The highest BCUT2D eigenvalue weighted by Crippen LogP contribution is 2.15. The first-order chi connectivity index (χ1) is 10.3. The Kier molecular flexibility index (Phi) is 6.10. The van der Waals surface area contributed by atoms with E-state index in [1.165, 1.54) is 20.8 Å². The third kappa shape index (κ3) is 3.84. The molecule has 0 atom stereocenters. The summed E-state index contributed by atoms with van der Waals surface area (Å²) in [6, 6.07) is 0. The topological polar surface area (TPSA) is 60.9 Å². The van der Waals surface area contributed by atoms with Crippen molar-refractivity contribution in [3.05, 3.63) is 37.0 Å².